The molecule has 3 rings (SSSR count). The maximum atomic E-state index is 11.9. The van der Waals surface area contributed by atoms with Crippen LogP contribution in [0, 0.1) is 11.8 Å². The number of anilines is 1. The monoisotopic (exact) mass is 414 g/mol. The molecule has 2 amide bonds. The summed E-state index contributed by atoms with van der Waals surface area (Å²) in [6, 6.07) is 13.7. The number of nitrogens with one attached hydrogen (secondary N) is 2. The Balaban J connectivity index is 1.87. The van der Waals surface area contributed by atoms with Gasteiger partial charge in [-0.15, -0.1) is 0 Å². The van der Waals surface area contributed by atoms with Crippen LogP contribution in [-0.2, 0) is 4.74 Å². The number of amides is 2. The molecule has 0 bridgehead atoms. The summed E-state index contributed by atoms with van der Waals surface area (Å²) in [5.41, 5.74) is 4.35. The third kappa shape index (κ3) is 6.00. The van der Waals surface area contributed by atoms with Gasteiger partial charge in [-0.25, -0.2) is 15.3 Å². The van der Waals surface area contributed by atoms with Gasteiger partial charge in [-0.3, -0.25) is 20.3 Å². The molecule has 0 saturated carbocycles. The lowest BCUT2D eigenvalue weighted by Gasteiger charge is -2.10. The molecule has 0 saturated heterocycles. The molecule has 2 aromatic heterocycles. The number of hydrogen-bond acceptors (Lipinski definition) is 6. The molecule has 3 aromatic rings. The third-order valence-electron chi connectivity index (χ3n) is 3.94. The van der Waals surface area contributed by atoms with Crippen molar-refractivity contribution in [3.8, 4) is 23.1 Å². The van der Waals surface area contributed by atoms with Gasteiger partial charge in [0.15, 0.2) is 0 Å². The number of hydroxylamine groups is 1. The lowest BCUT2D eigenvalue weighted by atomic mass is 10.1. The second-order valence-electron chi connectivity index (χ2n) is 6.15. The second-order valence-corrected chi connectivity index (χ2v) is 6.15. The number of hydrogen-bond donors (Lipinski definition) is 3. The number of nitrogens with zero attached hydrogens (tertiary/aromatic N) is 2. The zero-order chi connectivity index (χ0) is 22.1. The summed E-state index contributed by atoms with van der Waals surface area (Å²) < 4.78 is 4.87. The molecule has 1 aromatic carbocycles. The SMILES string of the molecule is C=CCOC(=O)Nc1cc(C(=O)NO)cc(-c2ccc(C#Cc3cccnc3)cc2)n1. The lowest BCUT2D eigenvalue weighted by Crippen LogP contribution is -2.20. The fourth-order valence-electron chi connectivity index (χ4n) is 2.52. The van der Waals surface area contributed by atoms with E-state index in [1.54, 1.807) is 30.0 Å². The molecule has 8 heteroatoms. The normalized spacial score (nSPS) is 9.71. The number of aromatic nitrogens is 2. The summed E-state index contributed by atoms with van der Waals surface area (Å²) >= 11 is 0. The Kier molecular flexibility index (Phi) is 7.08. The maximum Gasteiger partial charge on any atom is 0.413 e. The molecule has 0 aliphatic heterocycles. The number of carbonyl (C=O) groups excluding carboxylic acids is 2. The van der Waals surface area contributed by atoms with Gasteiger partial charge in [0.2, 0.25) is 0 Å². The van der Waals surface area contributed by atoms with Crippen LogP contribution in [0.25, 0.3) is 11.3 Å². The molecule has 0 fully saturated rings. The van der Waals surface area contributed by atoms with E-state index in [9.17, 15) is 9.59 Å². The van der Waals surface area contributed by atoms with Gasteiger partial charge in [-0.2, -0.15) is 0 Å². The van der Waals surface area contributed by atoms with Gasteiger partial charge in [-0.05, 0) is 36.4 Å². The highest BCUT2D eigenvalue weighted by molar-refractivity contribution is 5.96. The second kappa shape index (κ2) is 10.3. The van der Waals surface area contributed by atoms with Crippen molar-refractivity contribution in [2.45, 2.75) is 0 Å². The fourth-order valence-corrected chi connectivity index (χ4v) is 2.52. The quantitative estimate of drug-likeness (QED) is 0.255. The summed E-state index contributed by atoms with van der Waals surface area (Å²) in [5.74, 6) is 5.41. The topological polar surface area (TPSA) is 113 Å². The summed E-state index contributed by atoms with van der Waals surface area (Å²) in [6.07, 6.45) is 4.03. The molecule has 0 aliphatic rings. The van der Waals surface area contributed by atoms with E-state index in [-0.39, 0.29) is 18.0 Å². The van der Waals surface area contributed by atoms with Gasteiger partial charge < -0.3 is 4.74 Å². The largest absolute Gasteiger partial charge is 0.445 e. The number of pyridine rings is 2. The Morgan fingerprint density at radius 3 is 2.58 bits per heavy atom. The van der Waals surface area contributed by atoms with Crippen molar-refractivity contribution >= 4 is 17.8 Å². The molecule has 2 heterocycles. The van der Waals surface area contributed by atoms with Crippen molar-refractivity contribution in [1.82, 2.24) is 15.4 Å². The van der Waals surface area contributed by atoms with Crippen molar-refractivity contribution in [1.29, 1.82) is 0 Å². The molecule has 0 spiro atoms. The number of rotatable bonds is 5. The molecular weight excluding hydrogens is 396 g/mol. The van der Waals surface area contributed by atoms with E-state index in [0.717, 1.165) is 11.1 Å². The first kappa shape index (κ1) is 21.2. The van der Waals surface area contributed by atoms with Crippen LogP contribution in [0.2, 0.25) is 0 Å². The predicted molar refractivity (Wildman–Crippen MR) is 114 cm³/mol. The molecule has 0 unspecified atom stereocenters. The van der Waals surface area contributed by atoms with Gasteiger partial charge in [0.25, 0.3) is 5.91 Å². The first-order valence-electron chi connectivity index (χ1n) is 9.12. The van der Waals surface area contributed by atoms with Crippen LogP contribution in [0.3, 0.4) is 0 Å². The first-order valence-corrected chi connectivity index (χ1v) is 9.12. The van der Waals surface area contributed by atoms with E-state index in [1.165, 1.54) is 18.2 Å². The highest BCUT2D eigenvalue weighted by Crippen LogP contribution is 2.22. The fraction of sp³-hybridized carbons (Fsp3) is 0.0435. The zero-order valence-corrected chi connectivity index (χ0v) is 16.3. The van der Waals surface area contributed by atoms with Crippen molar-refractivity contribution in [3.63, 3.8) is 0 Å². The zero-order valence-electron chi connectivity index (χ0n) is 16.3. The van der Waals surface area contributed by atoms with Crippen LogP contribution in [0.5, 0.6) is 0 Å². The minimum Gasteiger partial charge on any atom is -0.445 e. The van der Waals surface area contributed by atoms with Gasteiger partial charge in [0, 0.05) is 34.6 Å². The Hall–Kier alpha value is -4.48. The minimum absolute atomic E-state index is 0.0249. The average Bonchev–Trinajstić information content (AvgIpc) is 2.81. The van der Waals surface area contributed by atoms with Crippen LogP contribution in [0.15, 0.2) is 73.6 Å². The van der Waals surface area contributed by atoms with Crippen molar-refractivity contribution in [3.05, 3.63) is 90.3 Å². The van der Waals surface area contributed by atoms with E-state index < -0.39 is 12.0 Å². The average molecular weight is 414 g/mol. The third-order valence-corrected chi connectivity index (χ3v) is 3.94. The van der Waals surface area contributed by atoms with Gasteiger partial charge >= 0.3 is 6.09 Å². The van der Waals surface area contributed by atoms with E-state index in [2.05, 4.69) is 33.7 Å². The Labute approximate surface area is 178 Å². The Bertz CT molecular complexity index is 1150. The minimum atomic E-state index is -0.749. The summed E-state index contributed by atoms with van der Waals surface area (Å²) in [7, 11) is 0. The molecular formula is C23H18N4O4. The maximum absolute atomic E-state index is 11.9. The van der Waals surface area contributed by atoms with E-state index in [1.807, 2.05) is 24.3 Å². The van der Waals surface area contributed by atoms with Crippen molar-refractivity contribution in [2.24, 2.45) is 0 Å². The van der Waals surface area contributed by atoms with Gasteiger partial charge in [0.05, 0.1) is 5.69 Å². The van der Waals surface area contributed by atoms with Crippen molar-refractivity contribution < 1.29 is 19.5 Å². The molecule has 154 valence electrons. The van der Waals surface area contributed by atoms with Crippen LogP contribution >= 0.6 is 0 Å². The molecule has 0 aliphatic carbocycles. The van der Waals surface area contributed by atoms with E-state index in [4.69, 9.17) is 9.94 Å². The summed E-state index contributed by atoms with van der Waals surface area (Å²) in [4.78, 5) is 32.1. The number of benzene rings is 1. The molecule has 0 atom stereocenters. The van der Waals surface area contributed by atoms with Crippen LogP contribution in [0.4, 0.5) is 10.6 Å². The van der Waals surface area contributed by atoms with Crippen LogP contribution < -0.4 is 10.8 Å². The molecule has 8 nitrogen and oxygen atoms in total. The first-order chi connectivity index (χ1) is 15.1. The standard InChI is InChI=1S/C23H18N4O4/c1-2-12-31-23(29)26-21-14-19(22(28)27-30)13-20(25-21)18-9-7-16(8-10-18)5-6-17-4-3-11-24-15-17/h2-4,7-11,13-15,30H,1,12H2,(H,27,28)(H,25,26,29). The van der Waals surface area contributed by atoms with Crippen molar-refractivity contribution in [2.75, 3.05) is 11.9 Å². The number of ether oxygens (including phenoxy) is 1. The van der Waals surface area contributed by atoms with E-state index >= 15 is 0 Å². The Morgan fingerprint density at radius 2 is 1.90 bits per heavy atom. The Morgan fingerprint density at radius 1 is 1.13 bits per heavy atom. The highest BCUT2D eigenvalue weighted by atomic mass is 16.5. The summed E-state index contributed by atoms with van der Waals surface area (Å²) in [5, 5.41) is 11.4. The molecule has 3 N–H and O–H groups in total. The van der Waals surface area contributed by atoms with Gasteiger partial charge in [-0.1, -0.05) is 36.6 Å². The number of carbonyl (C=O) groups is 2. The smallest absolute Gasteiger partial charge is 0.413 e. The van der Waals surface area contributed by atoms with E-state index in [0.29, 0.717) is 11.3 Å². The molecule has 31 heavy (non-hydrogen) atoms. The summed E-state index contributed by atoms with van der Waals surface area (Å²) in [6.45, 7) is 3.49. The van der Waals surface area contributed by atoms with Gasteiger partial charge in [0.1, 0.15) is 12.4 Å². The highest BCUT2D eigenvalue weighted by Gasteiger charge is 2.13. The van der Waals surface area contributed by atoms with Crippen LogP contribution in [0.1, 0.15) is 21.5 Å². The predicted octanol–water partition coefficient (Wildman–Crippen LogP) is 3.40. The lowest BCUT2D eigenvalue weighted by molar-refractivity contribution is 0.0706. The van der Waals surface area contributed by atoms with Crippen LogP contribution in [-0.4, -0.2) is 33.8 Å². The molecule has 0 radical (unpaired) electrons.